The van der Waals surface area contributed by atoms with Crippen molar-refractivity contribution in [2.24, 2.45) is 0 Å². The molecule has 2 aliphatic heterocycles. The van der Waals surface area contributed by atoms with Crippen LogP contribution < -0.4 is 14.5 Å². The summed E-state index contributed by atoms with van der Waals surface area (Å²) in [7, 11) is -3.60. The molecule has 2 aliphatic rings. The van der Waals surface area contributed by atoms with Crippen LogP contribution >= 0.6 is 23.2 Å². The Bertz CT molecular complexity index is 2120. The molecule has 54 heavy (non-hydrogen) atoms. The number of esters is 2. The van der Waals surface area contributed by atoms with E-state index in [0.29, 0.717) is 41.6 Å². The quantitative estimate of drug-likeness (QED) is 0.236. The Morgan fingerprint density at radius 1 is 0.944 bits per heavy atom. The molecule has 0 fully saturated rings. The number of likely N-dealkylation sites (N-methyl/N-ethyl adjacent to an activating group) is 1. The summed E-state index contributed by atoms with van der Waals surface area (Å²) < 4.78 is 71.1. The Kier molecular flexibility index (Phi) is 12.4. The second kappa shape index (κ2) is 15.9. The summed E-state index contributed by atoms with van der Waals surface area (Å²) in [6.45, 7) is 3.26. The number of carbonyl (C=O) groups excluding carboxylic acids is 5. The molecule has 0 bridgehead atoms. The van der Waals surface area contributed by atoms with Crippen LogP contribution in [-0.2, 0) is 45.9 Å². The zero-order valence-corrected chi connectivity index (χ0v) is 31.2. The van der Waals surface area contributed by atoms with Gasteiger partial charge in [-0.15, -0.1) is 0 Å². The van der Waals surface area contributed by atoms with E-state index >= 15 is 0 Å². The lowest BCUT2D eigenvalue weighted by Crippen LogP contribution is -2.56. The number of alkyl halides is 3. The Hall–Kier alpha value is -4.75. The topological polar surface area (TPSA) is 185 Å². The van der Waals surface area contributed by atoms with Crippen LogP contribution in [0.3, 0.4) is 0 Å². The standard InChI is InChI=1S/C34H32Cl2F3N5O8S.H2O/c1-4-42(5-2)32(49)43-15-14-20-16-22(11-13-26(20)43)53(50,51)44-27-12-10-21(35)17-24(27)33(30(44)47,23-8-6-7-9-25(23)36)40-28(45)18-41(3)19-29(46)52-31(48)34(37,38)39;/h6-13,16-17H,4-5,14-15,18-19H2,1-3H3,(H,40,45);1H2. The molecule has 20 heteroatoms. The smallest absolute Gasteiger partial charge is 0.412 e. The molecule has 5 rings (SSSR count). The first-order valence-corrected chi connectivity index (χ1v) is 18.2. The number of rotatable bonds is 10. The molecule has 3 aromatic rings. The van der Waals surface area contributed by atoms with Crippen LogP contribution in [0.1, 0.15) is 30.5 Å². The van der Waals surface area contributed by atoms with Crippen molar-refractivity contribution in [1.29, 1.82) is 0 Å². The van der Waals surface area contributed by atoms with Crippen LogP contribution in [0.4, 0.5) is 29.3 Å². The Balaban J connectivity index is 0.00000650. The van der Waals surface area contributed by atoms with Crippen LogP contribution in [0.5, 0.6) is 0 Å². The molecule has 2 heterocycles. The maximum Gasteiger partial charge on any atom is 0.491 e. The minimum absolute atomic E-state index is 0. The zero-order valence-electron chi connectivity index (χ0n) is 28.9. The molecule has 0 saturated carbocycles. The number of amides is 4. The Morgan fingerprint density at radius 2 is 1.59 bits per heavy atom. The zero-order chi connectivity index (χ0) is 39.0. The van der Waals surface area contributed by atoms with Crippen molar-refractivity contribution < 1.29 is 55.8 Å². The summed E-state index contributed by atoms with van der Waals surface area (Å²) in [5, 5.41) is 2.57. The van der Waals surface area contributed by atoms with E-state index in [4.69, 9.17) is 23.2 Å². The van der Waals surface area contributed by atoms with E-state index in [1.165, 1.54) is 60.7 Å². The number of ether oxygens (including phenoxy) is 1. The highest BCUT2D eigenvalue weighted by molar-refractivity contribution is 7.93. The summed E-state index contributed by atoms with van der Waals surface area (Å²) >= 11 is 13.0. The number of sulfonamides is 1. The van der Waals surface area contributed by atoms with Gasteiger partial charge >= 0.3 is 24.1 Å². The van der Waals surface area contributed by atoms with Crippen LogP contribution in [0.15, 0.2) is 65.6 Å². The second-order valence-electron chi connectivity index (χ2n) is 12.1. The van der Waals surface area contributed by atoms with E-state index in [9.17, 15) is 45.6 Å². The summed E-state index contributed by atoms with van der Waals surface area (Å²) in [5.74, 6) is -6.52. The van der Waals surface area contributed by atoms with Gasteiger partial charge in [0.2, 0.25) is 5.91 Å². The number of urea groups is 1. The predicted octanol–water partition coefficient (Wildman–Crippen LogP) is 3.65. The highest BCUT2D eigenvalue weighted by Gasteiger charge is 2.58. The number of hydrogen-bond acceptors (Lipinski definition) is 9. The van der Waals surface area contributed by atoms with Gasteiger partial charge in [-0.2, -0.15) is 17.5 Å². The third-order valence-electron chi connectivity index (χ3n) is 8.69. The lowest BCUT2D eigenvalue weighted by atomic mass is 9.83. The molecule has 0 radical (unpaired) electrons. The van der Waals surface area contributed by atoms with Crippen LogP contribution in [0.25, 0.3) is 0 Å². The van der Waals surface area contributed by atoms with E-state index in [2.05, 4.69) is 10.1 Å². The van der Waals surface area contributed by atoms with Crippen molar-refractivity contribution in [2.75, 3.05) is 49.0 Å². The summed E-state index contributed by atoms with van der Waals surface area (Å²) in [5.41, 5.74) is -1.54. The van der Waals surface area contributed by atoms with Crippen molar-refractivity contribution in [3.8, 4) is 0 Å². The molecule has 14 nitrogen and oxygen atoms in total. The van der Waals surface area contributed by atoms with E-state index < -0.39 is 58.6 Å². The molecule has 0 aromatic heterocycles. The number of nitrogens with one attached hydrogen (secondary N) is 1. The fraction of sp³-hybridized carbons (Fsp3) is 0.324. The monoisotopic (exact) mass is 815 g/mol. The van der Waals surface area contributed by atoms with Gasteiger partial charge in [0.25, 0.3) is 15.9 Å². The maximum atomic E-state index is 14.8. The number of carbonyl (C=O) groups is 5. The van der Waals surface area contributed by atoms with Gasteiger partial charge in [0.05, 0.1) is 23.7 Å². The number of nitrogens with zero attached hydrogens (tertiary/aromatic N) is 4. The van der Waals surface area contributed by atoms with Crippen molar-refractivity contribution in [2.45, 2.75) is 36.9 Å². The van der Waals surface area contributed by atoms with Gasteiger partial charge in [-0.25, -0.2) is 18.0 Å². The van der Waals surface area contributed by atoms with E-state index in [1.54, 1.807) is 9.80 Å². The molecule has 4 amide bonds. The minimum Gasteiger partial charge on any atom is -0.412 e. The van der Waals surface area contributed by atoms with E-state index in [1.807, 2.05) is 13.8 Å². The number of anilines is 2. The number of halogens is 5. The first kappa shape index (κ1) is 42.0. The average Bonchev–Trinajstić information content (AvgIpc) is 3.61. The highest BCUT2D eigenvalue weighted by Crippen LogP contribution is 2.49. The third kappa shape index (κ3) is 7.74. The molecule has 0 saturated heterocycles. The first-order chi connectivity index (χ1) is 24.9. The van der Waals surface area contributed by atoms with Crippen LogP contribution in [0, 0.1) is 0 Å². The molecular formula is C34H34Cl2F3N5O9S. The highest BCUT2D eigenvalue weighted by atomic mass is 35.5. The van der Waals surface area contributed by atoms with Gasteiger partial charge in [0.1, 0.15) is 0 Å². The van der Waals surface area contributed by atoms with Crippen molar-refractivity contribution in [3.05, 3.63) is 87.4 Å². The van der Waals surface area contributed by atoms with Crippen LogP contribution in [-0.4, -0.2) is 99.4 Å². The Morgan fingerprint density at radius 3 is 2.22 bits per heavy atom. The normalized spacial score (nSPS) is 16.4. The molecule has 1 atom stereocenters. The van der Waals surface area contributed by atoms with Crippen molar-refractivity contribution in [3.63, 3.8) is 0 Å². The number of hydrogen-bond donors (Lipinski definition) is 1. The lowest BCUT2D eigenvalue weighted by Gasteiger charge is -2.32. The first-order valence-electron chi connectivity index (χ1n) is 16.0. The van der Waals surface area contributed by atoms with Crippen molar-refractivity contribution in [1.82, 2.24) is 15.1 Å². The molecular weight excluding hydrogens is 782 g/mol. The minimum atomic E-state index is -5.43. The maximum absolute atomic E-state index is 14.8. The number of fused-ring (bicyclic) bond motifs is 2. The second-order valence-corrected chi connectivity index (χ2v) is 14.7. The van der Waals surface area contributed by atoms with Crippen LogP contribution in [0.2, 0.25) is 10.0 Å². The summed E-state index contributed by atoms with van der Waals surface area (Å²) in [4.78, 5) is 68.5. The van der Waals surface area contributed by atoms with Gasteiger partial charge in [-0.3, -0.25) is 24.2 Å². The summed E-state index contributed by atoms with van der Waals surface area (Å²) in [6.07, 6.45) is -5.09. The predicted molar refractivity (Wildman–Crippen MR) is 191 cm³/mol. The number of benzene rings is 3. The molecule has 0 aliphatic carbocycles. The molecule has 3 aromatic carbocycles. The molecule has 290 valence electrons. The van der Waals surface area contributed by atoms with Gasteiger partial charge < -0.3 is 20.4 Å². The van der Waals surface area contributed by atoms with E-state index in [0.717, 1.165) is 11.9 Å². The lowest BCUT2D eigenvalue weighted by molar-refractivity contribution is -0.202. The fourth-order valence-corrected chi connectivity index (χ4v) is 8.25. The fourth-order valence-electron chi connectivity index (χ4n) is 6.29. The Labute approximate surface area is 317 Å². The van der Waals surface area contributed by atoms with Gasteiger partial charge in [-0.05, 0) is 75.3 Å². The molecule has 0 spiro atoms. The molecule has 3 N–H and O–H groups in total. The largest absolute Gasteiger partial charge is 0.491 e. The SMILES string of the molecule is CCN(CC)C(=O)N1CCc2cc(S(=O)(=O)N3C(=O)C(NC(=O)CN(C)CC(=O)OC(=O)C(F)(F)F)(c4ccccc4Cl)c4cc(Cl)ccc43)ccc21.O. The summed E-state index contributed by atoms with van der Waals surface area (Å²) in [6, 6.07) is 13.7. The molecule has 1 unspecified atom stereocenters. The van der Waals surface area contributed by atoms with Crippen molar-refractivity contribution >= 4 is 74.4 Å². The van der Waals surface area contributed by atoms with Gasteiger partial charge in [-0.1, -0.05) is 41.4 Å². The van der Waals surface area contributed by atoms with E-state index in [-0.39, 0.29) is 43.3 Å². The van der Waals surface area contributed by atoms with Gasteiger partial charge in [0, 0.05) is 46.5 Å². The average molecular weight is 817 g/mol. The third-order valence-corrected chi connectivity index (χ3v) is 10.9. The van der Waals surface area contributed by atoms with Gasteiger partial charge in [0.15, 0.2) is 5.54 Å².